The van der Waals surface area contributed by atoms with Crippen molar-refractivity contribution in [3.05, 3.63) is 29.8 Å². The zero-order valence-corrected chi connectivity index (χ0v) is 10.4. The summed E-state index contributed by atoms with van der Waals surface area (Å²) in [4.78, 5) is 10.7. The molecule has 0 saturated carbocycles. The van der Waals surface area contributed by atoms with Gasteiger partial charge in [0.2, 0.25) is 0 Å². The minimum Gasteiger partial charge on any atom is -0.497 e. The van der Waals surface area contributed by atoms with Crippen molar-refractivity contribution in [1.82, 2.24) is 0 Å². The van der Waals surface area contributed by atoms with Crippen LogP contribution in [0.1, 0.15) is 18.9 Å². The van der Waals surface area contributed by atoms with Crippen LogP contribution in [0.15, 0.2) is 24.3 Å². The molecule has 90 valence electrons. The molecule has 0 aliphatic rings. The van der Waals surface area contributed by atoms with Gasteiger partial charge < -0.3 is 14.3 Å². The minimum absolute atomic E-state index is 0.232. The number of carbonyl (C=O) groups excluding carboxylic acids is 1. The molecule has 0 amide bonds. The number of methoxy groups -OCH3 is 2. The number of hydrogen-bond donors (Lipinski definition) is 0. The van der Waals surface area contributed by atoms with Crippen LogP contribution in [0.4, 0.5) is 0 Å². The van der Waals surface area contributed by atoms with Gasteiger partial charge in [0.25, 0.3) is 0 Å². The molecule has 0 aliphatic heterocycles. The van der Waals surface area contributed by atoms with Crippen LogP contribution in [-0.4, -0.2) is 27.1 Å². The summed E-state index contributed by atoms with van der Waals surface area (Å²) in [6.07, 6.45) is 1.44. The van der Waals surface area contributed by atoms with Gasteiger partial charge in [-0.2, -0.15) is 0 Å². The molecule has 0 aliphatic carbocycles. The number of ketones is 1. The van der Waals surface area contributed by atoms with Crippen molar-refractivity contribution >= 4 is 5.78 Å². The highest BCUT2D eigenvalue weighted by Gasteiger charge is 1.96. The molecule has 0 fully saturated rings. The van der Waals surface area contributed by atoms with Crippen LogP contribution >= 0.6 is 0 Å². The summed E-state index contributed by atoms with van der Waals surface area (Å²) in [7, 11) is 4.89. The first-order valence-electron chi connectivity index (χ1n) is 5.16. The number of benzene rings is 1. The average Bonchev–Trinajstić information content (AvgIpc) is 2.28. The highest BCUT2D eigenvalue weighted by Crippen LogP contribution is 2.12. The van der Waals surface area contributed by atoms with Crippen LogP contribution in [0.25, 0.3) is 0 Å². The molecule has 3 nitrogen and oxygen atoms in total. The summed E-state index contributed by atoms with van der Waals surface area (Å²) in [6, 6.07) is 7.80. The Morgan fingerprint density at radius 1 is 1.12 bits per heavy atom. The molecule has 0 unspecified atom stereocenters. The second-order valence-electron chi connectivity index (χ2n) is 3.46. The quantitative estimate of drug-likeness (QED) is 0.788. The van der Waals surface area contributed by atoms with E-state index in [-0.39, 0.29) is 5.78 Å². The topological polar surface area (TPSA) is 35.5 Å². The molecule has 1 aromatic rings. The molecule has 0 aromatic heterocycles. The first-order valence-corrected chi connectivity index (χ1v) is 5.16. The molecule has 16 heavy (non-hydrogen) atoms. The first-order chi connectivity index (χ1) is 7.63. The third-order valence-corrected chi connectivity index (χ3v) is 1.92. The molecule has 0 saturated heterocycles. The van der Waals surface area contributed by atoms with E-state index in [9.17, 15) is 4.79 Å². The van der Waals surface area contributed by atoms with E-state index in [1.54, 1.807) is 28.3 Å². The summed E-state index contributed by atoms with van der Waals surface area (Å²) in [6.45, 7) is 1.61. The predicted molar refractivity (Wildman–Crippen MR) is 64.9 cm³/mol. The first kappa shape index (κ1) is 14.6. The van der Waals surface area contributed by atoms with Crippen LogP contribution in [0.3, 0.4) is 0 Å². The summed E-state index contributed by atoms with van der Waals surface area (Å²) < 4.78 is 9.28. The average molecular weight is 224 g/mol. The summed E-state index contributed by atoms with van der Waals surface area (Å²) >= 11 is 0. The van der Waals surface area contributed by atoms with Gasteiger partial charge in [-0.25, -0.2) is 0 Å². The van der Waals surface area contributed by atoms with E-state index >= 15 is 0 Å². The lowest BCUT2D eigenvalue weighted by atomic mass is 10.1. The summed E-state index contributed by atoms with van der Waals surface area (Å²) in [5.41, 5.74) is 1.18. The molecule has 1 rings (SSSR count). The maximum atomic E-state index is 10.7. The van der Waals surface area contributed by atoms with Crippen molar-refractivity contribution in [3.8, 4) is 5.75 Å². The lowest BCUT2D eigenvalue weighted by molar-refractivity contribution is -0.116. The summed E-state index contributed by atoms with van der Waals surface area (Å²) in [5.74, 6) is 1.09. The zero-order valence-electron chi connectivity index (χ0n) is 10.4. The standard InChI is InChI=1S/C11H14O2.C2H6O/c1-9(12)3-4-10-5-7-11(13-2)8-6-10;1-3-2/h5-8H,3-4H2,1-2H3;1-2H3. The Labute approximate surface area is 97.4 Å². The Bertz CT molecular complexity index is 291. The van der Waals surface area contributed by atoms with Crippen LogP contribution in [0.2, 0.25) is 0 Å². The van der Waals surface area contributed by atoms with E-state index in [0.717, 1.165) is 12.2 Å². The van der Waals surface area contributed by atoms with Crippen molar-refractivity contribution in [3.63, 3.8) is 0 Å². The van der Waals surface area contributed by atoms with E-state index < -0.39 is 0 Å². The lowest BCUT2D eigenvalue weighted by Gasteiger charge is -2.01. The molecule has 0 bridgehead atoms. The van der Waals surface area contributed by atoms with Crippen molar-refractivity contribution in [2.24, 2.45) is 0 Å². The van der Waals surface area contributed by atoms with Crippen molar-refractivity contribution in [2.75, 3.05) is 21.3 Å². The van der Waals surface area contributed by atoms with Gasteiger partial charge in [0, 0.05) is 20.6 Å². The Morgan fingerprint density at radius 2 is 1.62 bits per heavy atom. The van der Waals surface area contributed by atoms with Gasteiger partial charge in [-0.05, 0) is 31.0 Å². The lowest BCUT2D eigenvalue weighted by Crippen LogP contribution is -1.93. The Kier molecular flexibility index (Phi) is 8.17. The van der Waals surface area contributed by atoms with Gasteiger partial charge in [0.1, 0.15) is 11.5 Å². The highest BCUT2D eigenvalue weighted by atomic mass is 16.5. The van der Waals surface area contributed by atoms with Gasteiger partial charge in [-0.1, -0.05) is 12.1 Å². The highest BCUT2D eigenvalue weighted by molar-refractivity contribution is 5.75. The van der Waals surface area contributed by atoms with Crippen molar-refractivity contribution in [1.29, 1.82) is 0 Å². The van der Waals surface area contributed by atoms with Gasteiger partial charge in [0.05, 0.1) is 7.11 Å². The van der Waals surface area contributed by atoms with Crippen LogP contribution in [0, 0.1) is 0 Å². The SMILES string of the molecule is COC.COc1ccc(CCC(C)=O)cc1. The monoisotopic (exact) mass is 224 g/mol. The fourth-order valence-electron chi connectivity index (χ4n) is 1.11. The van der Waals surface area contributed by atoms with Crippen LogP contribution < -0.4 is 4.74 Å². The van der Waals surface area contributed by atoms with Gasteiger partial charge in [-0.3, -0.25) is 0 Å². The molecular formula is C13H20O3. The van der Waals surface area contributed by atoms with E-state index in [1.807, 2.05) is 24.3 Å². The number of aryl methyl sites for hydroxylation is 1. The Balaban J connectivity index is 0.000000673. The smallest absolute Gasteiger partial charge is 0.130 e. The predicted octanol–water partition coefficient (Wildman–Crippen LogP) is 2.48. The van der Waals surface area contributed by atoms with Crippen LogP contribution in [-0.2, 0) is 16.0 Å². The third-order valence-electron chi connectivity index (χ3n) is 1.92. The molecule has 0 heterocycles. The summed E-state index contributed by atoms with van der Waals surface area (Å²) in [5, 5.41) is 0. The van der Waals surface area contributed by atoms with Crippen molar-refractivity contribution in [2.45, 2.75) is 19.8 Å². The Morgan fingerprint density at radius 3 is 2.00 bits per heavy atom. The maximum Gasteiger partial charge on any atom is 0.130 e. The van der Waals surface area contributed by atoms with E-state index in [4.69, 9.17) is 4.74 Å². The van der Waals surface area contributed by atoms with Gasteiger partial charge in [0.15, 0.2) is 0 Å². The Hall–Kier alpha value is -1.35. The van der Waals surface area contributed by atoms with Crippen LogP contribution in [0.5, 0.6) is 5.75 Å². The van der Waals surface area contributed by atoms with E-state index in [1.165, 1.54) is 5.56 Å². The fraction of sp³-hybridized carbons (Fsp3) is 0.462. The number of hydrogen-bond acceptors (Lipinski definition) is 3. The molecule has 3 heteroatoms. The number of Topliss-reactive ketones (excluding diaryl/α,β-unsaturated/α-hetero) is 1. The van der Waals surface area contributed by atoms with E-state index in [0.29, 0.717) is 6.42 Å². The molecular weight excluding hydrogens is 204 g/mol. The van der Waals surface area contributed by atoms with Crippen molar-refractivity contribution < 1.29 is 14.3 Å². The molecule has 0 atom stereocenters. The minimum atomic E-state index is 0.232. The van der Waals surface area contributed by atoms with Gasteiger partial charge in [-0.15, -0.1) is 0 Å². The largest absolute Gasteiger partial charge is 0.497 e. The number of rotatable bonds is 4. The number of ether oxygens (including phenoxy) is 2. The van der Waals surface area contributed by atoms with E-state index in [2.05, 4.69) is 4.74 Å². The van der Waals surface area contributed by atoms with Gasteiger partial charge >= 0.3 is 0 Å². The number of carbonyl (C=O) groups is 1. The second kappa shape index (κ2) is 8.92. The second-order valence-corrected chi connectivity index (χ2v) is 3.46. The fourth-order valence-corrected chi connectivity index (χ4v) is 1.11. The normalized spacial score (nSPS) is 9.00. The maximum absolute atomic E-state index is 10.7. The molecule has 0 N–H and O–H groups in total. The molecule has 0 spiro atoms. The molecule has 0 radical (unpaired) electrons. The third kappa shape index (κ3) is 7.01. The zero-order chi connectivity index (χ0) is 12.4. The molecule has 1 aromatic carbocycles.